The van der Waals surface area contributed by atoms with Crippen molar-refractivity contribution < 1.29 is 0 Å². The third kappa shape index (κ3) is 2.19. The van der Waals surface area contributed by atoms with Crippen LogP contribution in [0.15, 0.2) is 23.8 Å². The SMILES string of the molecule is CC(=CC1CC2C=CC1C2)C(C)C(C)C. The van der Waals surface area contributed by atoms with Crippen molar-refractivity contribution in [2.75, 3.05) is 0 Å². The van der Waals surface area contributed by atoms with E-state index in [1.54, 1.807) is 5.57 Å². The van der Waals surface area contributed by atoms with Crippen molar-refractivity contribution in [3.8, 4) is 0 Å². The minimum absolute atomic E-state index is 0.744. The molecule has 2 bridgehead atoms. The highest BCUT2D eigenvalue weighted by Gasteiger charge is 2.34. The van der Waals surface area contributed by atoms with Crippen LogP contribution in [-0.2, 0) is 0 Å². The molecule has 0 spiro atoms. The zero-order valence-electron chi connectivity index (χ0n) is 10.5. The maximum atomic E-state index is 2.57. The summed E-state index contributed by atoms with van der Waals surface area (Å²) in [5.74, 6) is 4.13. The van der Waals surface area contributed by atoms with Gasteiger partial charge in [0, 0.05) is 0 Å². The highest BCUT2D eigenvalue weighted by atomic mass is 14.4. The molecule has 0 aromatic rings. The van der Waals surface area contributed by atoms with Gasteiger partial charge in [0.1, 0.15) is 0 Å². The lowest BCUT2D eigenvalue weighted by Crippen LogP contribution is -2.09. The number of allylic oxidation sites excluding steroid dienone is 4. The topological polar surface area (TPSA) is 0 Å². The molecule has 2 aliphatic carbocycles. The second kappa shape index (κ2) is 4.15. The van der Waals surface area contributed by atoms with E-state index in [1.807, 2.05) is 0 Å². The van der Waals surface area contributed by atoms with Gasteiger partial charge in [-0.15, -0.1) is 0 Å². The normalized spacial score (nSPS) is 36.6. The van der Waals surface area contributed by atoms with Crippen LogP contribution >= 0.6 is 0 Å². The van der Waals surface area contributed by atoms with Gasteiger partial charge in [0.25, 0.3) is 0 Å². The van der Waals surface area contributed by atoms with Crippen LogP contribution in [0.3, 0.4) is 0 Å². The minimum atomic E-state index is 0.744. The van der Waals surface area contributed by atoms with Crippen LogP contribution in [0, 0.1) is 29.6 Å². The molecule has 2 aliphatic rings. The first-order chi connectivity index (χ1) is 7.08. The lowest BCUT2D eigenvalue weighted by Gasteiger charge is -2.20. The van der Waals surface area contributed by atoms with Gasteiger partial charge < -0.3 is 0 Å². The summed E-state index contributed by atoms with van der Waals surface area (Å²) in [5, 5.41) is 0. The van der Waals surface area contributed by atoms with E-state index >= 15 is 0 Å². The van der Waals surface area contributed by atoms with Crippen LogP contribution in [0.1, 0.15) is 40.5 Å². The second-order valence-corrected chi connectivity index (χ2v) is 5.89. The fourth-order valence-corrected chi connectivity index (χ4v) is 3.03. The van der Waals surface area contributed by atoms with Crippen LogP contribution in [0.25, 0.3) is 0 Å². The Bertz CT molecular complexity index is 282. The molecule has 0 amide bonds. The Kier molecular flexibility index (Phi) is 3.04. The first kappa shape index (κ1) is 11.0. The highest BCUT2D eigenvalue weighted by molar-refractivity contribution is 5.17. The molecule has 0 nitrogen and oxygen atoms in total. The van der Waals surface area contributed by atoms with Crippen molar-refractivity contribution in [1.82, 2.24) is 0 Å². The second-order valence-electron chi connectivity index (χ2n) is 5.89. The molecule has 0 saturated heterocycles. The zero-order valence-corrected chi connectivity index (χ0v) is 10.5. The molecule has 4 unspecified atom stereocenters. The van der Waals surface area contributed by atoms with Crippen molar-refractivity contribution in [3.63, 3.8) is 0 Å². The van der Waals surface area contributed by atoms with Crippen molar-refractivity contribution in [2.24, 2.45) is 29.6 Å². The summed E-state index contributed by atoms with van der Waals surface area (Å²) >= 11 is 0. The third-order valence-electron chi connectivity index (χ3n) is 4.53. The lowest BCUT2D eigenvalue weighted by molar-refractivity contribution is 0.466. The fraction of sp³-hybridized carbons (Fsp3) is 0.733. The average molecular weight is 204 g/mol. The van der Waals surface area contributed by atoms with Crippen molar-refractivity contribution in [1.29, 1.82) is 0 Å². The Hall–Kier alpha value is -0.520. The van der Waals surface area contributed by atoms with Gasteiger partial charge in [-0.3, -0.25) is 0 Å². The molecule has 2 rings (SSSR count). The van der Waals surface area contributed by atoms with Gasteiger partial charge in [0.05, 0.1) is 0 Å². The zero-order chi connectivity index (χ0) is 11.0. The molecule has 0 aromatic heterocycles. The van der Waals surface area contributed by atoms with Gasteiger partial charge in [-0.05, 0) is 49.4 Å². The molecule has 0 heteroatoms. The minimum Gasteiger partial charge on any atom is -0.0851 e. The molecule has 1 fully saturated rings. The molecule has 1 saturated carbocycles. The predicted octanol–water partition coefficient (Wildman–Crippen LogP) is 4.44. The summed E-state index contributed by atoms with van der Waals surface area (Å²) in [5.41, 5.74) is 1.61. The summed E-state index contributed by atoms with van der Waals surface area (Å²) < 4.78 is 0. The van der Waals surface area contributed by atoms with E-state index in [2.05, 4.69) is 45.9 Å². The predicted molar refractivity (Wildman–Crippen MR) is 66.6 cm³/mol. The average Bonchev–Trinajstić information content (AvgIpc) is 2.77. The van der Waals surface area contributed by atoms with Crippen molar-refractivity contribution in [3.05, 3.63) is 23.8 Å². The summed E-state index contributed by atoms with van der Waals surface area (Å²) in [6.45, 7) is 9.32. The molecule has 4 atom stereocenters. The van der Waals surface area contributed by atoms with Gasteiger partial charge in [0.2, 0.25) is 0 Å². The molecule has 0 radical (unpaired) electrons. The van der Waals surface area contributed by atoms with Crippen molar-refractivity contribution in [2.45, 2.75) is 40.5 Å². The van der Waals surface area contributed by atoms with Crippen molar-refractivity contribution >= 4 is 0 Å². The summed E-state index contributed by atoms with van der Waals surface area (Å²) in [6, 6.07) is 0. The Morgan fingerprint density at radius 1 is 1.20 bits per heavy atom. The van der Waals surface area contributed by atoms with Crippen LogP contribution in [0.2, 0.25) is 0 Å². The molecule has 84 valence electrons. The van der Waals surface area contributed by atoms with Crippen LogP contribution in [0.4, 0.5) is 0 Å². The number of hydrogen-bond donors (Lipinski definition) is 0. The quantitative estimate of drug-likeness (QED) is 0.596. The Balaban J connectivity index is 2.01. The Morgan fingerprint density at radius 3 is 2.40 bits per heavy atom. The number of rotatable bonds is 3. The van der Waals surface area contributed by atoms with Crippen LogP contribution in [0.5, 0.6) is 0 Å². The van der Waals surface area contributed by atoms with E-state index in [9.17, 15) is 0 Å². The number of hydrogen-bond acceptors (Lipinski definition) is 0. The maximum Gasteiger partial charge on any atom is -0.0162 e. The lowest BCUT2D eigenvalue weighted by atomic mass is 9.85. The van der Waals surface area contributed by atoms with E-state index in [4.69, 9.17) is 0 Å². The maximum absolute atomic E-state index is 2.57. The van der Waals surface area contributed by atoms with Gasteiger partial charge in [-0.2, -0.15) is 0 Å². The standard InChI is InChI=1S/C15H24/c1-10(2)12(4)11(3)7-15-9-13-5-6-14(15)8-13/h5-7,10,12-15H,8-9H2,1-4H3. The molecule has 15 heavy (non-hydrogen) atoms. The van der Waals surface area contributed by atoms with E-state index in [0.29, 0.717) is 0 Å². The monoisotopic (exact) mass is 204 g/mol. The van der Waals surface area contributed by atoms with E-state index in [0.717, 1.165) is 29.6 Å². The van der Waals surface area contributed by atoms with E-state index < -0.39 is 0 Å². The van der Waals surface area contributed by atoms with Gasteiger partial charge in [-0.25, -0.2) is 0 Å². The van der Waals surface area contributed by atoms with E-state index in [-0.39, 0.29) is 0 Å². The first-order valence-electron chi connectivity index (χ1n) is 6.44. The van der Waals surface area contributed by atoms with Gasteiger partial charge >= 0.3 is 0 Å². The molecule has 0 aliphatic heterocycles. The van der Waals surface area contributed by atoms with E-state index in [1.165, 1.54) is 12.8 Å². The Morgan fingerprint density at radius 2 is 1.93 bits per heavy atom. The summed E-state index contributed by atoms with van der Waals surface area (Å²) in [7, 11) is 0. The first-order valence-corrected chi connectivity index (χ1v) is 6.44. The van der Waals surface area contributed by atoms with Crippen LogP contribution in [-0.4, -0.2) is 0 Å². The molecule has 0 aromatic carbocycles. The van der Waals surface area contributed by atoms with Gasteiger partial charge in [-0.1, -0.05) is 44.6 Å². The summed E-state index contributed by atoms with van der Waals surface area (Å²) in [6.07, 6.45) is 10.3. The molecular formula is C15H24. The smallest absolute Gasteiger partial charge is 0.0162 e. The largest absolute Gasteiger partial charge is 0.0851 e. The van der Waals surface area contributed by atoms with Crippen LogP contribution < -0.4 is 0 Å². The van der Waals surface area contributed by atoms with Gasteiger partial charge in [0.15, 0.2) is 0 Å². The highest BCUT2D eigenvalue weighted by Crippen LogP contribution is 2.44. The fourth-order valence-electron chi connectivity index (χ4n) is 3.03. The third-order valence-corrected chi connectivity index (χ3v) is 4.53. The molecular weight excluding hydrogens is 180 g/mol. The molecule has 0 heterocycles. The molecule has 0 N–H and O–H groups in total. The Labute approximate surface area is 94.5 Å². The number of fused-ring (bicyclic) bond motifs is 2. The summed E-state index contributed by atoms with van der Waals surface area (Å²) in [4.78, 5) is 0.